The zero-order valence-electron chi connectivity index (χ0n) is 17.7. The summed E-state index contributed by atoms with van der Waals surface area (Å²) >= 11 is 1.47. The third-order valence-electron chi connectivity index (χ3n) is 6.47. The topological polar surface area (TPSA) is 72.1 Å². The number of likely N-dealkylation sites (tertiary alicyclic amines) is 1. The van der Waals surface area contributed by atoms with Crippen LogP contribution in [-0.4, -0.2) is 39.0 Å². The number of carbonyl (C=O) groups is 1. The minimum atomic E-state index is -0.294. The number of aromatic nitrogens is 3. The van der Waals surface area contributed by atoms with Gasteiger partial charge in [-0.3, -0.25) is 4.79 Å². The number of amides is 1. The highest BCUT2D eigenvalue weighted by molar-refractivity contribution is 7.13. The summed E-state index contributed by atoms with van der Waals surface area (Å²) in [5, 5.41) is 5.26. The van der Waals surface area contributed by atoms with Gasteiger partial charge < -0.3 is 9.42 Å². The van der Waals surface area contributed by atoms with Gasteiger partial charge in [0.15, 0.2) is 5.82 Å². The van der Waals surface area contributed by atoms with Crippen molar-refractivity contribution >= 4 is 17.2 Å². The van der Waals surface area contributed by atoms with E-state index >= 15 is 0 Å². The lowest BCUT2D eigenvalue weighted by Gasteiger charge is -2.40. The van der Waals surface area contributed by atoms with Crippen LogP contribution in [0, 0.1) is 25.6 Å². The van der Waals surface area contributed by atoms with E-state index in [-0.39, 0.29) is 17.1 Å². The molecule has 5 rings (SSSR count). The number of halogens is 1. The fourth-order valence-electron chi connectivity index (χ4n) is 4.55. The Morgan fingerprint density at radius 2 is 1.90 bits per heavy atom. The highest BCUT2D eigenvalue weighted by atomic mass is 32.1. The van der Waals surface area contributed by atoms with Crippen molar-refractivity contribution < 1.29 is 13.7 Å². The number of nitrogens with zero attached hydrogens (tertiary/aromatic N) is 4. The highest BCUT2D eigenvalue weighted by Crippen LogP contribution is 2.47. The average molecular weight is 441 g/mol. The minimum Gasteiger partial charge on any atom is -0.338 e. The van der Waals surface area contributed by atoms with Crippen LogP contribution in [0.5, 0.6) is 0 Å². The van der Waals surface area contributed by atoms with Crippen molar-refractivity contribution in [1.82, 2.24) is 20.0 Å². The van der Waals surface area contributed by atoms with Gasteiger partial charge in [0.1, 0.15) is 10.7 Å². The van der Waals surface area contributed by atoms with E-state index < -0.39 is 0 Å². The molecule has 0 spiro atoms. The second kappa shape index (κ2) is 7.82. The second-order valence-electron chi connectivity index (χ2n) is 8.80. The van der Waals surface area contributed by atoms with Crippen molar-refractivity contribution in [3.8, 4) is 11.5 Å². The van der Waals surface area contributed by atoms with E-state index in [0.29, 0.717) is 30.5 Å². The molecule has 1 saturated carbocycles. The quantitative estimate of drug-likeness (QED) is 0.563. The first-order valence-electron chi connectivity index (χ1n) is 10.8. The molecule has 2 aliphatic rings. The van der Waals surface area contributed by atoms with E-state index in [1.165, 1.54) is 36.3 Å². The SMILES string of the molecule is Cc1nc(C)c(C(=O)N2CCC(CC3CC3)(c3noc(-c4ccc(F)cc4)n3)CC2)s1. The van der Waals surface area contributed by atoms with Crippen LogP contribution in [-0.2, 0) is 5.41 Å². The fraction of sp³-hybridized carbons (Fsp3) is 0.478. The summed E-state index contributed by atoms with van der Waals surface area (Å²) in [6, 6.07) is 6.10. The van der Waals surface area contributed by atoms with Gasteiger partial charge in [0, 0.05) is 24.1 Å². The van der Waals surface area contributed by atoms with Crippen molar-refractivity contribution in [3.05, 3.63) is 51.5 Å². The number of hydrogen-bond acceptors (Lipinski definition) is 6. The summed E-state index contributed by atoms with van der Waals surface area (Å²) < 4.78 is 18.8. The summed E-state index contributed by atoms with van der Waals surface area (Å²) in [6.45, 7) is 5.17. The molecule has 162 valence electrons. The first kappa shape index (κ1) is 20.3. The maximum Gasteiger partial charge on any atom is 0.265 e. The molecule has 1 aliphatic heterocycles. The van der Waals surface area contributed by atoms with Crippen molar-refractivity contribution in [3.63, 3.8) is 0 Å². The van der Waals surface area contributed by atoms with Crippen molar-refractivity contribution in [1.29, 1.82) is 0 Å². The van der Waals surface area contributed by atoms with Gasteiger partial charge in [-0.15, -0.1) is 11.3 Å². The van der Waals surface area contributed by atoms with Crippen LogP contribution in [0.1, 0.15) is 58.3 Å². The third-order valence-corrected chi connectivity index (χ3v) is 7.53. The molecule has 0 radical (unpaired) electrons. The van der Waals surface area contributed by atoms with E-state index in [4.69, 9.17) is 9.51 Å². The maximum atomic E-state index is 13.3. The zero-order valence-corrected chi connectivity index (χ0v) is 18.5. The van der Waals surface area contributed by atoms with E-state index in [2.05, 4.69) is 10.1 Å². The molecule has 1 amide bonds. The molecule has 1 aromatic carbocycles. The highest BCUT2D eigenvalue weighted by Gasteiger charge is 2.45. The molecule has 1 aliphatic carbocycles. The molecular weight excluding hydrogens is 415 g/mol. The standard InChI is InChI=1S/C23H25FN4O2S/c1-14-19(31-15(2)25-14)21(29)28-11-9-23(10-12-28,13-16-3-4-16)22-26-20(30-27-22)17-5-7-18(24)8-6-17/h5-8,16H,3-4,9-13H2,1-2H3. The Labute approximate surface area is 184 Å². The Bertz CT molecular complexity index is 1100. The number of carbonyl (C=O) groups excluding carboxylic acids is 1. The zero-order chi connectivity index (χ0) is 21.6. The molecule has 0 atom stereocenters. The number of benzene rings is 1. The fourth-order valence-corrected chi connectivity index (χ4v) is 5.44. The maximum absolute atomic E-state index is 13.3. The smallest absolute Gasteiger partial charge is 0.265 e. The lowest BCUT2D eigenvalue weighted by molar-refractivity contribution is 0.0649. The average Bonchev–Trinajstić information content (AvgIpc) is 3.30. The van der Waals surface area contributed by atoms with E-state index in [1.807, 2.05) is 18.7 Å². The molecule has 3 heterocycles. The molecule has 2 fully saturated rings. The van der Waals surface area contributed by atoms with E-state index in [1.54, 1.807) is 12.1 Å². The molecule has 6 nitrogen and oxygen atoms in total. The van der Waals surface area contributed by atoms with Crippen molar-refractivity contribution in [2.45, 2.75) is 51.4 Å². The van der Waals surface area contributed by atoms with E-state index in [0.717, 1.165) is 40.7 Å². The first-order chi connectivity index (χ1) is 14.9. The van der Waals surface area contributed by atoms with Crippen molar-refractivity contribution in [2.24, 2.45) is 5.92 Å². The molecule has 3 aromatic rings. The minimum absolute atomic E-state index is 0.0724. The van der Waals surface area contributed by atoms with Crippen LogP contribution in [0.15, 0.2) is 28.8 Å². The van der Waals surface area contributed by atoms with Gasteiger partial charge >= 0.3 is 0 Å². The summed E-state index contributed by atoms with van der Waals surface area (Å²) in [5.41, 5.74) is 1.34. The number of aryl methyl sites for hydroxylation is 2. The molecule has 31 heavy (non-hydrogen) atoms. The Hall–Kier alpha value is -2.61. The summed E-state index contributed by atoms with van der Waals surface area (Å²) in [5.74, 6) is 1.61. The predicted molar refractivity (Wildman–Crippen MR) is 115 cm³/mol. The summed E-state index contributed by atoms with van der Waals surface area (Å²) in [4.78, 5) is 24.8. The molecule has 8 heteroatoms. The van der Waals surface area contributed by atoms with E-state index in [9.17, 15) is 9.18 Å². The number of piperidine rings is 1. The molecule has 0 N–H and O–H groups in total. The Kier molecular flexibility index (Phi) is 5.12. The Balaban J connectivity index is 1.36. The van der Waals surface area contributed by atoms with Gasteiger partial charge in [-0.25, -0.2) is 9.37 Å². The van der Waals surface area contributed by atoms with Crippen LogP contribution < -0.4 is 0 Å². The Morgan fingerprint density at radius 3 is 2.52 bits per heavy atom. The van der Waals surface area contributed by atoms with Crippen LogP contribution in [0.3, 0.4) is 0 Å². The Morgan fingerprint density at radius 1 is 1.19 bits per heavy atom. The number of hydrogen-bond donors (Lipinski definition) is 0. The van der Waals surface area contributed by atoms with Gasteiger partial charge in [-0.05, 0) is 63.3 Å². The molecule has 0 unspecified atom stereocenters. The van der Waals surface area contributed by atoms with Crippen molar-refractivity contribution in [2.75, 3.05) is 13.1 Å². The summed E-state index contributed by atoms with van der Waals surface area (Å²) in [7, 11) is 0. The normalized spacial score (nSPS) is 18.4. The predicted octanol–water partition coefficient (Wildman–Crippen LogP) is 4.92. The molecule has 1 saturated heterocycles. The molecule has 2 aromatic heterocycles. The molecular formula is C23H25FN4O2S. The lowest BCUT2D eigenvalue weighted by Crippen LogP contribution is -2.46. The van der Waals surface area contributed by atoms with Crippen LogP contribution in [0.2, 0.25) is 0 Å². The monoisotopic (exact) mass is 440 g/mol. The van der Waals surface area contributed by atoms with Gasteiger partial charge in [0.2, 0.25) is 0 Å². The lowest BCUT2D eigenvalue weighted by atomic mass is 9.73. The third kappa shape index (κ3) is 4.01. The van der Waals surface area contributed by atoms with Gasteiger partial charge in [0.25, 0.3) is 11.8 Å². The largest absolute Gasteiger partial charge is 0.338 e. The van der Waals surface area contributed by atoms with Gasteiger partial charge in [-0.1, -0.05) is 18.0 Å². The summed E-state index contributed by atoms with van der Waals surface area (Å²) in [6.07, 6.45) is 5.14. The number of thiazole rings is 1. The second-order valence-corrected chi connectivity index (χ2v) is 10.0. The van der Waals surface area contributed by atoms with Crippen LogP contribution in [0.25, 0.3) is 11.5 Å². The van der Waals surface area contributed by atoms with Gasteiger partial charge in [0.05, 0.1) is 10.7 Å². The van der Waals surface area contributed by atoms with Crippen LogP contribution in [0.4, 0.5) is 4.39 Å². The first-order valence-corrected chi connectivity index (χ1v) is 11.6. The van der Waals surface area contributed by atoms with Gasteiger partial charge in [-0.2, -0.15) is 4.98 Å². The number of rotatable bonds is 5. The van der Waals surface area contributed by atoms with Crippen LogP contribution >= 0.6 is 11.3 Å². The molecule has 0 bridgehead atoms.